The lowest BCUT2D eigenvalue weighted by atomic mass is 9.92. The molecule has 7 nitrogen and oxygen atoms in total. The van der Waals surface area contributed by atoms with Crippen molar-refractivity contribution < 1.29 is 14.3 Å². The molecule has 30 heavy (non-hydrogen) atoms. The molecule has 2 aliphatic heterocycles. The van der Waals surface area contributed by atoms with Crippen molar-refractivity contribution in [2.75, 3.05) is 46.4 Å². The fraction of sp³-hybridized carbons (Fsp3) is 0.565. The number of hydrogen-bond donors (Lipinski definition) is 2. The van der Waals surface area contributed by atoms with Crippen molar-refractivity contribution in [2.45, 2.75) is 39.2 Å². The summed E-state index contributed by atoms with van der Waals surface area (Å²) in [5.41, 5.74) is 3.35. The molecule has 0 saturated carbocycles. The number of urea groups is 1. The molecule has 3 rings (SSSR count). The van der Waals surface area contributed by atoms with E-state index in [2.05, 4.69) is 41.5 Å². The van der Waals surface area contributed by atoms with Gasteiger partial charge in [0.15, 0.2) is 0 Å². The Kier molecular flexibility index (Phi) is 7.50. The number of nitrogens with one attached hydrogen (secondary N) is 2. The summed E-state index contributed by atoms with van der Waals surface area (Å²) in [6, 6.07) is 7.40. The maximum Gasteiger partial charge on any atom is 0.338 e. The zero-order chi connectivity index (χ0) is 21.7. The van der Waals surface area contributed by atoms with E-state index in [0.29, 0.717) is 24.6 Å². The number of ether oxygens (including phenoxy) is 1. The maximum atomic E-state index is 13.0. The summed E-state index contributed by atoms with van der Waals surface area (Å²) in [7, 11) is 1.72. The van der Waals surface area contributed by atoms with E-state index >= 15 is 0 Å². The Morgan fingerprint density at radius 2 is 1.93 bits per heavy atom. The molecule has 2 heterocycles. The van der Waals surface area contributed by atoms with Gasteiger partial charge in [-0.1, -0.05) is 38.1 Å². The third-order valence-corrected chi connectivity index (χ3v) is 5.81. The van der Waals surface area contributed by atoms with Gasteiger partial charge in [-0.2, -0.15) is 0 Å². The van der Waals surface area contributed by atoms with Crippen LogP contribution in [0.15, 0.2) is 35.5 Å². The number of esters is 1. The summed E-state index contributed by atoms with van der Waals surface area (Å²) >= 11 is 0. The lowest BCUT2D eigenvalue weighted by molar-refractivity contribution is -0.139. The van der Waals surface area contributed by atoms with Crippen molar-refractivity contribution in [1.29, 1.82) is 0 Å². The van der Waals surface area contributed by atoms with E-state index in [4.69, 9.17) is 4.74 Å². The summed E-state index contributed by atoms with van der Waals surface area (Å²) in [4.78, 5) is 29.7. The fourth-order valence-electron chi connectivity index (χ4n) is 3.99. The topological polar surface area (TPSA) is 73.9 Å². The van der Waals surface area contributed by atoms with Crippen molar-refractivity contribution in [3.8, 4) is 0 Å². The smallest absolute Gasteiger partial charge is 0.338 e. The minimum atomic E-state index is -0.519. The predicted octanol–water partition coefficient (Wildman–Crippen LogP) is 2.62. The lowest BCUT2D eigenvalue weighted by Crippen LogP contribution is -2.49. The zero-order valence-corrected chi connectivity index (χ0v) is 18.5. The summed E-state index contributed by atoms with van der Waals surface area (Å²) in [5.74, 6) is 0.0450. The Morgan fingerprint density at radius 3 is 2.60 bits per heavy atom. The van der Waals surface area contributed by atoms with Crippen LogP contribution in [-0.4, -0.2) is 68.2 Å². The molecule has 1 atom stereocenters. The van der Waals surface area contributed by atoms with Gasteiger partial charge in [0.25, 0.3) is 0 Å². The van der Waals surface area contributed by atoms with E-state index < -0.39 is 6.04 Å². The van der Waals surface area contributed by atoms with Gasteiger partial charge in [0.1, 0.15) is 0 Å². The van der Waals surface area contributed by atoms with Gasteiger partial charge in [-0.05, 0) is 43.5 Å². The molecule has 164 valence electrons. The third-order valence-electron chi connectivity index (χ3n) is 5.81. The summed E-state index contributed by atoms with van der Waals surface area (Å²) in [6.07, 6.45) is 1.04. The van der Waals surface area contributed by atoms with Gasteiger partial charge in [0.2, 0.25) is 0 Å². The molecule has 2 aliphatic rings. The Labute approximate surface area is 179 Å². The molecule has 1 saturated heterocycles. The molecule has 0 spiro atoms. The number of carbonyl (C=O) groups is 2. The van der Waals surface area contributed by atoms with Crippen LogP contribution < -0.4 is 10.6 Å². The quantitative estimate of drug-likeness (QED) is 0.700. The van der Waals surface area contributed by atoms with Crippen LogP contribution in [0.2, 0.25) is 0 Å². The standard InChI is InChI=1S/C23H34N4O3/c1-5-30-22(28)20-19(15-27-13-6-11-24-12-14-27)26(4)23(29)25-21(20)18-9-7-17(8-10-18)16(2)3/h7-10,16,21,24H,5-6,11-15H2,1-4H3,(H,25,29). The van der Waals surface area contributed by atoms with Crippen LogP contribution in [0.5, 0.6) is 0 Å². The first-order chi connectivity index (χ1) is 14.4. The van der Waals surface area contributed by atoms with Crippen LogP contribution in [0.1, 0.15) is 50.3 Å². The van der Waals surface area contributed by atoms with Gasteiger partial charge in [0, 0.05) is 32.4 Å². The van der Waals surface area contributed by atoms with E-state index in [1.165, 1.54) is 5.56 Å². The Balaban J connectivity index is 2.01. The van der Waals surface area contributed by atoms with Crippen molar-refractivity contribution in [2.24, 2.45) is 0 Å². The molecule has 0 aliphatic carbocycles. The molecule has 7 heteroatoms. The van der Waals surface area contributed by atoms with Crippen LogP contribution in [0, 0.1) is 0 Å². The first-order valence-electron chi connectivity index (χ1n) is 10.9. The Bertz CT molecular complexity index is 780. The number of nitrogens with zero attached hydrogens (tertiary/aromatic N) is 2. The Morgan fingerprint density at radius 1 is 1.20 bits per heavy atom. The molecule has 1 aromatic carbocycles. The second-order valence-corrected chi connectivity index (χ2v) is 8.22. The van der Waals surface area contributed by atoms with E-state index in [1.54, 1.807) is 18.9 Å². The van der Waals surface area contributed by atoms with E-state index in [-0.39, 0.29) is 12.0 Å². The summed E-state index contributed by atoms with van der Waals surface area (Å²) in [6.45, 7) is 10.6. The van der Waals surface area contributed by atoms with Gasteiger partial charge in [-0.15, -0.1) is 0 Å². The number of amides is 2. The van der Waals surface area contributed by atoms with Gasteiger partial charge < -0.3 is 15.4 Å². The van der Waals surface area contributed by atoms with Crippen LogP contribution in [0.25, 0.3) is 0 Å². The SMILES string of the molecule is CCOC(=O)C1=C(CN2CCCNCC2)N(C)C(=O)NC1c1ccc(C(C)C)cc1. The predicted molar refractivity (Wildman–Crippen MR) is 117 cm³/mol. The normalized spacial score (nSPS) is 20.9. The molecule has 2 N–H and O–H groups in total. The van der Waals surface area contributed by atoms with Crippen molar-refractivity contribution in [3.05, 3.63) is 46.7 Å². The minimum absolute atomic E-state index is 0.205. The minimum Gasteiger partial charge on any atom is -0.463 e. The molecule has 1 unspecified atom stereocenters. The average molecular weight is 415 g/mol. The van der Waals surface area contributed by atoms with E-state index in [1.807, 2.05) is 12.1 Å². The van der Waals surface area contributed by atoms with Crippen molar-refractivity contribution >= 4 is 12.0 Å². The van der Waals surface area contributed by atoms with Gasteiger partial charge in [-0.25, -0.2) is 9.59 Å². The second-order valence-electron chi connectivity index (χ2n) is 8.22. The molecule has 1 fully saturated rings. The van der Waals surface area contributed by atoms with Gasteiger partial charge in [0.05, 0.1) is 18.2 Å². The maximum absolute atomic E-state index is 13.0. The van der Waals surface area contributed by atoms with Crippen LogP contribution >= 0.6 is 0 Å². The third kappa shape index (κ3) is 5.02. The highest BCUT2D eigenvalue weighted by atomic mass is 16.5. The van der Waals surface area contributed by atoms with E-state index in [0.717, 1.165) is 43.9 Å². The molecule has 0 radical (unpaired) electrons. The molecular weight excluding hydrogens is 380 g/mol. The summed E-state index contributed by atoms with van der Waals surface area (Å²) in [5, 5.41) is 6.39. The first kappa shape index (κ1) is 22.3. The monoisotopic (exact) mass is 414 g/mol. The second kappa shape index (κ2) is 10.1. The van der Waals surface area contributed by atoms with Crippen LogP contribution in [0.4, 0.5) is 4.79 Å². The van der Waals surface area contributed by atoms with Gasteiger partial charge in [-0.3, -0.25) is 9.80 Å². The Hall–Kier alpha value is -2.38. The molecule has 0 aromatic heterocycles. The lowest BCUT2D eigenvalue weighted by Gasteiger charge is -2.36. The van der Waals surface area contributed by atoms with Gasteiger partial charge >= 0.3 is 12.0 Å². The van der Waals surface area contributed by atoms with Crippen LogP contribution in [-0.2, 0) is 9.53 Å². The fourth-order valence-corrected chi connectivity index (χ4v) is 3.99. The molecule has 0 bridgehead atoms. The number of benzene rings is 1. The molecule has 2 amide bonds. The highest BCUT2D eigenvalue weighted by Gasteiger charge is 2.37. The summed E-state index contributed by atoms with van der Waals surface area (Å²) < 4.78 is 5.42. The van der Waals surface area contributed by atoms with Crippen molar-refractivity contribution in [3.63, 3.8) is 0 Å². The zero-order valence-electron chi connectivity index (χ0n) is 18.5. The van der Waals surface area contributed by atoms with Crippen LogP contribution in [0.3, 0.4) is 0 Å². The number of carbonyl (C=O) groups excluding carboxylic acids is 2. The van der Waals surface area contributed by atoms with Crippen molar-refractivity contribution in [1.82, 2.24) is 20.4 Å². The number of rotatable bonds is 6. The van der Waals surface area contributed by atoms with E-state index in [9.17, 15) is 9.59 Å². The largest absolute Gasteiger partial charge is 0.463 e. The number of hydrogen-bond acceptors (Lipinski definition) is 5. The first-order valence-corrected chi connectivity index (χ1v) is 10.9. The average Bonchev–Trinajstić information content (AvgIpc) is 3.00. The highest BCUT2D eigenvalue weighted by molar-refractivity contribution is 5.95. The molecule has 1 aromatic rings. The molecular formula is C23H34N4O3. The number of likely N-dealkylation sites (N-methyl/N-ethyl adjacent to an activating group) is 1. The highest BCUT2D eigenvalue weighted by Crippen LogP contribution is 2.32.